The predicted octanol–water partition coefficient (Wildman–Crippen LogP) is 6.34. The van der Waals surface area contributed by atoms with Crippen LogP contribution >= 0.6 is 0 Å². The van der Waals surface area contributed by atoms with E-state index in [-0.39, 0.29) is 0 Å². The standard InChI is InChI=1S/C24H29N/c1-2-22(23-14-8-4-9-15-23)18-19-25(24-16-10-5-11-17-24)20-21-12-6-3-7-13-21/h3-6,8-11,14-18,21H,2,7,12-13,19-20H2,1H3/b22-18+. The van der Waals surface area contributed by atoms with Gasteiger partial charge in [-0.1, -0.05) is 73.7 Å². The van der Waals surface area contributed by atoms with Crippen molar-refractivity contribution in [2.45, 2.75) is 32.6 Å². The van der Waals surface area contributed by atoms with Crippen LogP contribution in [0.3, 0.4) is 0 Å². The average Bonchev–Trinajstić information content (AvgIpc) is 2.70. The Morgan fingerprint density at radius 2 is 1.72 bits per heavy atom. The molecule has 0 fully saturated rings. The maximum atomic E-state index is 2.54. The highest BCUT2D eigenvalue weighted by Gasteiger charge is 2.15. The summed E-state index contributed by atoms with van der Waals surface area (Å²) in [4.78, 5) is 2.54. The molecule has 130 valence electrons. The van der Waals surface area contributed by atoms with Gasteiger partial charge >= 0.3 is 0 Å². The normalized spacial score (nSPS) is 17.5. The van der Waals surface area contributed by atoms with Gasteiger partial charge in [0, 0.05) is 18.8 Å². The van der Waals surface area contributed by atoms with Gasteiger partial charge in [0.2, 0.25) is 0 Å². The van der Waals surface area contributed by atoms with E-state index in [1.54, 1.807) is 0 Å². The van der Waals surface area contributed by atoms with Crippen LogP contribution in [0.5, 0.6) is 0 Å². The van der Waals surface area contributed by atoms with Gasteiger partial charge in [-0.25, -0.2) is 0 Å². The monoisotopic (exact) mass is 331 g/mol. The van der Waals surface area contributed by atoms with Crippen LogP contribution in [-0.4, -0.2) is 13.1 Å². The molecule has 0 aromatic heterocycles. The van der Waals surface area contributed by atoms with Crippen molar-refractivity contribution in [1.82, 2.24) is 0 Å². The van der Waals surface area contributed by atoms with Crippen LogP contribution in [0.2, 0.25) is 0 Å². The van der Waals surface area contributed by atoms with Crippen LogP contribution in [0.25, 0.3) is 5.57 Å². The Morgan fingerprint density at radius 1 is 1.00 bits per heavy atom. The lowest BCUT2D eigenvalue weighted by atomic mass is 9.93. The smallest absolute Gasteiger partial charge is 0.0369 e. The molecule has 0 saturated heterocycles. The minimum Gasteiger partial charge on any atom is -0.368 e. The summed E-state index contributed by atoms with van der Waals surface area (Å²) in [6.07, 6.45) is 11.9. The molecular formula is C24H29N. The first kappa shape index (κ1) is 17.5. The lowest BCUT2D eigenvalue weighted by molar-refractivity contribution is 0.477. The Balaban J connectivity index is 1.76. The van der Waals surface area contributed by atoms with Gasteiger partial charge in [0.05, 0.1) is 0 Å². The molecule has 25 heavy (non-hydrogen) atoms. The van der Waals surface area contributed by atoms with Gasteiger partial charge in [-0.05, 0) is 54.9 Å². The first-order chi connectivity index (χ1) is 12.4. The molecule has 0 heterocycles. The second-order valence-corrected chi connectivity index (χ2v) is 6.84. The number of para-hydroxylation sites is 1. The van der Waals surface area contributed by atoms with Crippen molar-refractivity contribution >= 4 is 11.3 Å². The van der Waals surface area contributed by atoms with E-state index in [1.165, 1.54) is 36.1 Å². The van der Waals surface area contributed by atoms with E-state index in [4.69, 9.17) is 0 Å². The summed E-state index contributed by atoms with van der Waals surface area (Å²) >= 11 is 0. The maximum absolute atomic E-state index is 2.54. The molecule has 1 aliphatic rings. The molecule has 1 aliphatic carbocycles. The fourth-order valence-corrected chi connectivity index (χ4v) is 3.60. The third kappa shape index (κ3) is 5.09. The SMILES string of the molecule is CC/C(=C\CN(CC1CC=CCC1)c1ccccc1)c1ccccc1. The number of nitrogens with zero attached hydrogens (tertiary/aromatic N) is 1. The summed E-state index contributed by atoms with van der Waals surface area (Å²) in [6.45, 7) is 4.36. The molecule has 0 spiro atoms. The molecule has 3 rings (SSSR count). The van der Waals surface area contributed by atoms with Gasteiger partial charge in [-0.2, -0.15) is 0 Å². The first-order valence-electron chi connectivity index (χ1n) is 9.56. The van der Waals surface area contributed by atoms with E-state index in [0.717, 1.165) is 25.4 Å². The minimum absolute atomic E-state index is 0.764. The lowest BCUT2D eigenvalue weighted by Gasteiger charge is -2.29. The highest BCUT2D eigenvalue weighted by Crippen LogP contribution is 2.24. The predicted molar refractivity (Wildman–Crippen MR) is 110 cm³/mol. The maximum Gasteiger partial charge on any atom is 0.0369 e. The first-order valence-corrected chi connectivity index (χ1v) is 9.56. The zero-order valence-electron chi connectivity index (χ0n) is 15.3. The van der Waals surface area contributed by atoms with E-state index in [2.05, 4.69) is 90.7 Å². The number of hydrogen-bond acceptors (Lipinski definition) is 1. The molecular weight excluding hydrogens is 302 g/mol. The highest BCUT2D eigenvalue weighted by molar-refractivity contribution is 5.66. The summed E-state index contributed by atoms with van der Waals surface area (Å²) in [7, 11) is 0. The number of allylic oxidation sites excluding steroid dienone is 3. The van der Waals surface area contributed by atoms with E-state index in [9.17, 15) is 0 Å². The fraction of sp³-hybridized carbons (Fsp3) is 0.333. The molecule has 2 aromatic rings. The van der Waals surface area contributed by atoms with Gasteiger partial charge in [0.1, 0.15) is 0 Å². The van der Waals surface area contributed by atoms with Crippen molar-refractivity contribution in [1.29, 1.82) is 0 Å². The lowest BCUT2D eigenvalue weighted by Crippen LogP contribution is -2.30. The molecule has 0 aliphatic heterocycles. The summed E-state index contributed by atoms with van der Waals surface area (Å²) < 4.78 is 0. The number of anilines is 1. The largest absolute Gasteiger partial charge is 0.368 e. The van der Waals surface area contributed by atoms with E-state index in [1.807, 2.05) is 0 Å². The number of rotatable bonds is 7. The molecule has 0 N–H and O–H groups in total. The summed E-state index contributed by atoms with van der Waals surface area (Å²) in [6, 6.07) is 21.6. The molecule has 0 saturated carbocycles. The Labute approximate surface area is 152 Å². The van der Waals surface area contributed by atoms with Crippen LogP contribution < -0.4 is 4.90 Å². The average molecular weight is 332 g/mol. The van der Waals surface area contributed by atoms with E-state index < -0.39 is 0 Å². The Morgan fingerprint density at radius 3 is 2.36 bits per heavy atom. The van der Waals surface area contributed by atoms with Crippen LogP contribution in [-0.2, 0) is 0 Å². The molecule has 1 nitrogen and oxygen atoms in total. The van der Waals surface area contributed by atoms with E-state index in [0.29, 0.717) is 0 Å². The van der Waals surface area contributed by atoms with Crippen molar-refractivity contribution in [3.63, 3.8) is 0 Å². The third-order valence-electron chi connectivity index (χ3n) is 5.06. The molecule has 1 heteroatoms. The van der Waals surface area contributed by atoms with Crippen LogP contribution in [0.4, 0.5) is 5.69 Å². The number of hydrogen-bond donors (Lipinski definition) is 0. The van der Waals surface area contributed by atoms with E-state index >= 15 is 0 Å². The quantitative estimate of drug-likeness (QED) is 0.535. The van der Waals surface area contributed by atoms with Crippen LogP contribution in [0.1, 0.15) is 38.2 Å². The van der Waals surface area contributed by atoms with Crippen LogP contribution in [0.15, 0.2) is 78.9 Å². The van der Waals surface area contributed by atoms with Gasteiger partial charge < -0.3 is 4.90 Å². The fourth-order valence-electron chi connectivity index (χ4n) is 3.60. The molecule has 1 unspecified atom stereocenters. The number of benzene rings is 2. The van der Waals surface area contributed by atoms with Crippen LogP contribution in [0, 0.1) is 5.92 Å². The van der Waals surface area contributed by atoms with Crippen molar-refractivity contribution in [2.75, 3.05) is 18.0 Å². The van der Waals surface area contributed by atoms with Gasteiger partial charge in [0.25, 0.3) is 0 Å². The second kappa shape index (κ2) is 9.27. The van der Waals surface area contributed by atoms with Crippen molar-refractivity contribution in [3.8, 4) is 0 Å². The van der Waals surface area contributed by atoms with Crippen molar-refractivity contribution < 1.29 is 0 Å². The minimum atomic E-state index is 0.764. The molecule has 0 radical (unpaired) electrons. The third-order valence-corrected chi connectivity index (χ3v) is 5.06. The molecule has 1 atom stereocenters. The summed E-state index contributed by atoms with van der Waals surface area (Å²) in [5, 5.41) is 0. The summed E-state index contributed by atoms with van der Waals surface area (Å²) in [5.41, 5.74) is 4.11. The molecule has 0 amide bonds. The topological polar surface area (TPSA) is 3.24 Å². The Hall–Kier alpha value is -2.28. The van der Waals surface area contributed by atoms with Crippen molar-refractivity contribution in [3.05, 3.63) is 84.5 Å². The van der Waals surface area contributed by atoms with Gasteiger partial charge in [0.15, 0.2) is 0 Å². The molecule has 2 aromatic carbocycles. The molecule has 0 bridgehead atoms. The van der Waals surface area contributed by atoms with Crippen molar-refractivity contribution in [2.24, 2.45) is 5.92 Å². The van der Waals surface area contributed by atoms with Gasteiger partial charge in [-0.3, -0.25) is 0 Å². The Kier molecular flexibility index (Phi) is 6.50. The second-order valence-electron chi connectivity index (χ2n) is 6.84. The highest BCUT2D eigenvalue weighted by atomic mass is 15.1. The zero-order chi connectivity index (χ0) is 17.3. The summed E-state index contributed by atoms with van der Waals surface area (Å²) in [5.74, 6) is 0.764. The van der Waals surface area contributed by atoms with Gasteiger partial charge in [-0.15, -0.1) is 0 Å². The Bertz CT molecular complexity index is 685. The zero-order valence-corrected chi connectivity index (χ0v) is 15.3.